The molecule has 0 aromatic heterocycles. The Morgan fingerprint density at radius 1 is 1.35 bits per heavy atom. The first-order valence-electron chi connectivity index (χ1n) is 6.36. The van der Waals surface area contributed by atoms with Crippen LogP contribution in [0.15, 0.2) is 0 Å². The Balaban J connectivity index is 2.70. The number of hydrogen-bond donors (Lipinski definition) is 1. The lowest BCUT2D eigenvalue weighted by Crippen LogP contribution is -2.50. The van der Waals surface area contributed by atoms with Crippen LogP contribution >= 0.6 is 0 Å². The number of likely N-dealkylation sites (tertiary alicyclic amines) is 1. The summed E-state index contributed by atoms with van der Waals surface area (Å²) in [5.74, 6) is -2.24. The number of alkyl carbamates (subject to hydrolysis) is 1. The number of methoxy groups -OCH3 is 1. The molecule has 116 valence electrons. The first-order chi connectivity index (χ1) is 9.16. The third-order valence-electron chi connectivity index (χ3n) is 3.35. The molecular weight excluding hydrogens is 277 g/mol. The monoisotopic (exact) mass is 296 g/mol. The van der Waals surface area contributed by atoms with Crippen LogP contribution in [0.5, 0.6) is 0 Å². The van der Waals surface area contributed by atoms with Crippen molar-refractivity contribution in [2.75, 3.05) is 20.2 Å². The molecule has 0 saturated carbocycles. The SMILES string of the molecule is COC(=O)N[C@H](C(=O)N1CC[C@H](C(F)(F)F)C1)C(C)C. The highest BCUT2D eigenvalue weighted by Crippen LogP contribution is 2.33. The van der Waals surface area contributed by atoms with Crippen LogP contribution in [0.3, 0.4) is 0 Å². The summed E-state index contributed by atoms with van der Waals surface area (Å²) in [5, 5.41) is 2.36. The number of rotatable bonds is 3. The molecule has 2 amide bonds. The Morgan fingerprint density at radius 2 is 1.95 bits per heavy atom. The molecule has 0 aromatic rings. The van der Waals surface area contributed by atoms with Crippen LogP contribution < -0.4 is 5.32 Å². The summed E-state index contributed by atoms with van der Waals surface area (Å²) in [5.41, 5.74) is 0. The van der Waals surface area contributed by atoms with Gasteiger partial charge in [-0.15, -0.1) is 0 Å². The van der Waals surface area contributed by atoms with E-state index in [0.29, 0.717) is 0 Å². The van der Waals surface area contributed by atoms with Crippen molar-refractivity contribution in [2.45, 2.75) is 32.5 Å². The molecule has 1 saturated heterocycles. The standard InChI is InChI=1S/C12H19F3N2O3/c1-7(2)9(16-11(19)20-3)10(18)17-5-4-8(6-17)12(13,14)15/h7-9H,4-6H2,1-3H3,(H,16,19)/t8-,9-/m0/s1. The van der Waals surface area contributed by atoms with Crippen LogP contribution in [-0.2, 0) is 9.53 Å². The summed E-state index contributed by atoms with van der Waals surface area (Å²) < 4.78 is 42.2. The molecule has 1 aliphatic rings. The van der Waals surface area contributed by atoms with Gasteiger partial charge in [0.15, 0.2) is 0 Å². The topological polar surface area (TPSA) is 58.6 Å². The molecule has 2 atom stereocenters. The molecule has 0 spiro atoms. The number of hydrogen-bond acceptors (Lipinski definition) is 3. The van der Waals surface area contributed by atoms with Crippen molar-refractivity contribution >= 4 is 12.0 Å². The highest BCUT2D eigenvalue weighted by molar-refractivity contribution is 5.86. The zero-order valence-electron chi connectivity index (χ0n) is 11.7. The maximum Gasteiger partial charge on any atom is 0.407 e. The molecule has 0 bridgehead atoms. The van der Waals surface area contributed by atoms with Crippen LogP contribution in [0.25, 0.3) is 0 Å². The largest absolute Gasteiger partial charge is 0.453 e. The van der Waals surface area contributed by atoms with Crippen molar-refractivity contribution in [2.24, 2.45) is 11.8 Å². The van der Waals surface area contributed by atoms with E-state index in [1.54, 1.807) is 13.8 Å². The number of carbonyl (C=O) groups excluding carboxylic acids is 2. The van der Waals surface area contributed by atoms with Crippen molar-refractivity contribution in [3.63, 3.8) is 0 Å². The van der Waals surface area contributed by atoms with E-state index in [0.717, 1.165) is 12.0 Å². The summed E-state index contributed by atoms with van der Waals surface area (Å²) in [6, 6.07) is -0.880. The Kier molecular flexibility index (Phi) is 5.24. The minimum absolute atomic E-state index is 0.0507. The lowest BCUT2D eigenvalue weighted by atomic mass is 10.0. The van der Waals surface area contributed by atoms with Crippen LogP contribution in [0.1, 0.15) is 20.3 Å². The van der Waals surface area contributed by atoms with Gasteiger partial charge in [-0.05, 0) is 12.3 Å². The number of nitrogens with zero attached hydrogens (tertiary/aromatic N) is 1. The first kappa shape index (κ1) is 16.6. The van der Waals surface area contributed by atoms with Gasteiger partial charge in [0.25, 0.3) is 0 Å². The zero-order chi connectivity index (χ0) is 15.5. The van der Waals surface area contributed by atoms with Crippen molar-refractivity contribution in [1.82, 2.24) is 10.2 Å². The molecule has 8 heteroatoms. The van der Waals surface area contributed by atoms with Gasteiger partial charge in [0.05, 0.1) is 13.0 Å². The van der Waals surface area contributed by atoms with Crippen LogP contribution in [0.2, 0.25) is 0 Å². The summed E-state index contributed by atoms with van der Waals surface area (Å²) in [7, 11) is 1.16. The fourth-order valence-electron chi connectivity index (χ4n) is 2.12. The van der Waals surface area contributed by atoms with E-state index in [1.165, 1.54) is 0 Å². The highest BCUT2D eigenvalue weighted by atomic mass is 19.4. The maximum absolute atomic E-state index is 12.6. The minimum Gasteiger partial charge on any atom is -0.453 e. The average molecular weight is 296 g/mol. The number of halogens is 3. The van der Waals surface area contributed by atoms with Crippen LogP contribution in [0.4, 0.5) is 18.0 Å². The van der Waals surface area contributed by atoms with E-state index < -0.39 is 30.1 Å². The van der Waals surface area contributed by atoms with E-state index in [9.17, 15) is 22.8 Å². The number of nitrogens with one attached hydrogen (secondary N) is 1. The van der Waals surface area contributed by atoms with Gasteiger partial charge in [-0.25, -0.2) is 4.79 Å². The van der Waals surface area contributed by atoms with Gasteiger partial charge in [-0.3, -0.25) is 4.79 Å². The highest BCUT2D eigenvalue weighted by Gasteiger charge is 2.45. The molecule has 1 aliphatic heterocycles. The molecule has 1 rings (SSSR count). The third-order valence-corrected chi connectivity index (χ3v) is 3.35. The lowest BCUT2D eigenvalue weighted by Gasteiger charge is -2.26. The Labute approximate surface area is 115 Å². The maximum atomic E-state index is 12.6. The molecule has 1 fully saturated rings. The van der Waals surface area contributed by atoms with Gasteiger partial charge in [0.2, 0.25) is 5.91 Å². The number of amides is 2. The predicted molar refractivity (Wildman–Crippen MR) is 64.9 cm³/mol. The van der Waals surface area contributed by atoms with Gasteiger partial charge in [0.1, 0.15) is 6.04 Å². The summed E-state index contributed by atoms with van der Waals surface area (Å²) in [4.78, 5) is 24.5. The smallest absolute Gasteiger partial charge is 0.407 e. The average Bonchev–Trinajstić information content (AvgIpc) is 2.83. The predicted octanol–water partition coefficient (Wildman–Crippen LogP) is 1.78. The van der Waals surface area contributed by atoms with Gasteiger partial charge < -0.3 is 15.0 Å². The van der Waals surface area contributed by atoms with Gasteiger partial charge in [-0.2, -0.15) is 13.2 Å². The quantitative estimate of drug-likeness (QED) is 0.863. The second kappa shape index (κ2) is 6.32. The number of ether oxygens (including phenoxy) is 1. The van der Waals surface area contributed by atoms with E-state index in [4.69, 9.17) is 0 Å². The van der Waals surface area contributed by atoms with E-state index in [1.807, 2.05) is 0 Å². The first-order valence-corrected chi connectivity index (χ1v) is 6.36. The molecule has 0 aliphatic carbocycles. The molecule has 0 radical (unpaired) electrons. The Hall–Kier alpha value is -1.47. The molecule has 0 aromatic carbocycles. The van der Waals surface area contributed by atoms with Crippen LogP contribution in [0, 0.1) is 11.8 Å². The molecule has 1 heterocycles. The van der Waals surface area contributed by atoms with Gasteiger partial charge in [0, 0.05) is 13.1 Å². The van der Waals surface area contributed by atoms with Crippen molar-refractivity contribution in [3.05, 3.63) is 0 Å². The molecule has 0 unspecified atom stereocenters. The molecule has 20 heavy (non-hydrogen) atoms. The Bertz CT molecular complexity index is 371. The fourth-order valence-corrected chi connectivity index (χ4v) is 2.12. The minimum atomic E-state index is -4.29. The van der Waals surface area contributed by atoms with E-state index in [-0.39, 0.29) is 25.4 Å². The van der Waals surface area contributed by atoms with E-state index >= 15 is 0 Å². The van der Waals surface area contributed by atoms with Crippen LogP contribution in [-0.4, -0.2) is 49.3 Å². The summed E-state index contributed by atoms with van der Waals surface area (Å²) in [6.07, 6.45) is -5.17. The second-order valence-electron chi connectivity index (χ2n) is 5.17. The Morgan fingerprint density at radius 3 is 2.35 bits per heavy atom. The molecule has 5 nitrogen and oxygen atoms in total. The number of carbonyl (C=O) groups is 2. The summed E-state index contributed by atoms with van der Waals surface area (Å²) in [6.45, 7) is 3.11. The van der Waals surface area contributed by atoms with Crippen molar-refractivity contribution in [1.29, 1.82) is 0 Å². The zero-order valence-corrected chi connectivity index (χ0v) is 11.7. The van der Waals surface area contributed by atoms with Crippen molar-refractivity contribution in [3.8, 4) is 0 Å². The number of alkyl halides is 3. The lowest BCUT2D eigenvalue weighted by molar-refractivity contribution is -0.171. The molecular formula is C12H19F3N2O3. The van der Waals surface area contributed by atoms with Gasteiger partial charge in [-0.1, -0.05) is 13.8 Å². The van der Waals surface area contributed by atoms with Crippen molar-refractivity contribution < 1.29 is 27.5 Å². The third kappa shape index (κ3) is 4.01. The van der Waals surface area contributed by atoms with Gasteiger partial charge >= 0.3 is 12.3 Å². The summed E-state index contributed by atoms with van der Waals surface area (Å²) >= 11 is 0. The normalized spacial score (nSPS) is 20.9. The second-order valence-corrected chi connectivity index (χ2v) is 5.17. The van der Waals surface area contributed by atoms with E-state index in [2.05, 4.69) is 10.1 Å². The fraction of sp³-hybridized carbons (Fsp3) is 0.833. The molecule has 1 N–H and O–H groups in total.